The van der Waals surface area contributed by atoms with Crippen molar-refractivity contribution in [1.82, 2.24) is 5.32 Å². The molecule has 0 aromatic carbocycles. The lowest BCUT2D eigenvalue weighted by molar-refractivity contribution is -0.253. The van der Waals surface area contributed by atoms with Gasteiger partial charge in [0.2, 0.25) is 5.91 Å². The van der Waals surface area contributed by atoms with Crippen molar-refractivity contribution < 1.29 is 48.8 Å². The van der Waals surface area contributed by atoms with Crippen LogP contribution in [0.3, 0.4) is 0 Å². The van der Waals surface area contributed by atoms with Crippen LogP contribution in [0, 0.1) is 0 Å². The van der Waals surface area contributed by atoms with E-state index in [-0.39, 0.29) is 0 Å². The van der Waals surface area contributed by atoms with Crippen LogP contribution in [0.15, 0.2) is 0 Å². The van der Waals surface area contributed by atoms with Crippen molar-refractivity contribution in [2.24, 2.45) is 0 Å². The van der Waals surface area contributed by atoms with Crippen molar-refractivity contribution in [2.45, 2.75) is 30.6 Å². The minimum absolute atomic E-state index is 0.778. The van der Waals surface area contributed by atoms with Crippen molar-refractivity contribution in [1.29, 1.82) is 0 Å². The van der Waals surface area contributed by atoms with Gasteiger partial charge < -0.3 is 40.3 Å². The number of carbonyl (C=O) groups is 1. The summed E-state index contributed by atoms with van der Waals surface area (Å²) in [7, 11) is -4.80. The molecule has 1 rings (SSSR count). The van der Waals surface area contributed by atoms with E-state index in [1.54, 1.807) is 0 Å². The lowest BCUT2D eigenvalue weighted by atomic mass is 9.97. The molecule has 5 atom stereocenters. The number of phosphoric acid groups is 1. The van der Waals surface area contributed by atoms with Gasteiger partial charge in [0.15, 0.2) is 6.29 Å². The van der Waals surface area contributed by atoms with Gasteiger partial charge in [-0.25, -0.2) is 4.57 Å². The van der Waals surface area contributed by atoms with Crippen molar-refractivity contribution in [3.8, 4) is 0 Å². The van der Waals surface area contributed by atoms with E-state index in [4.69, 9.17) is 19.6 Å². The summed E-state index contributed by atoms with van der Waals surface area (Å²) in [6.45, 7) is -1.67. The molecule has 0 spiro atoms. The number of rotatable bonds is 5. The van der Waals surface area contributed by atoms with Crippen LogP contribution in [0.5, 0.6) is 0 Å². The summed E-state index contributed by atoms with van der Waals surface area (Å²) < 4.78 is 19.4. The number of nitrogens with one attached hydrogen (secondary N) is 1. The summed E-state index contributed by atoms with van der Waals surface area (Å²) in [5.41, 5.74) is 0. The molecule has 1 fully saturated rings. The molecule has 12 heteroatoms. The second kappa shape index (κ2) is 6.89. The number of ether oxygens (including phenoxy) is 1. The number of amides is 1. The third-order valence-electron chi connectivity index (χ3n) is 2.60. The molecule has 5 unspecified atom stereocenters. The number of aliphatic hydroxyl groups excluding tert-OH is 4. The van der Waals surface area contributed by atoms with Crippen molar-refractivity contribution in [3.05, 3.63) is 0 Å². The van der Waals surface area contributed by atoms with Crippen LogP contribution in [0.4, 0.5) is 0 Å². The van der Waals surface area contributed by atoms with Crippen molar-refractivity contribution >= 4 is 13.7 Å². The van der Waals surface area contributed by atoms with E-state index < -0.39 is 57.6 Å². The zero-order valence-corrected chi connectivity index (χ0v) is 11.0. The number of hydrogen-bond donors (Lipinski definition) is 7. The molecule has 1 aliphatic heterocycles. The minimum Gasteiger partial charge on any atom is -0.388 e. The quantitative estimate of drug-likeness (QED) is 0.246. The van der Waals surface area contributed by atoms with Gasteiger partial charge >= 0.3 is 7.82 Å². The Kier molecular flexibility index (Phi) is 6.01. The number of phosphoric ester groups is 1. The van der Waals surface area contributed by atoms with E-state index in [1.807, 2.05) is 5.32 Å². The first-order chi connectivity index (χ1) is 9.15. The Hall–Kier alpha value is -0.620. The summed E-state index contributed by atoms with van der Waals surface area (Å²) in [6, 6.07) is -1.41. The van der Waals surface area contributed by atoms with E-state index in [1.165, 1.54) is 0 Å². The Bertz CT molecular complexity index is 385. The molecule has 0 saturated carbocycles. The smallest absolute Gasteiger partial charge is 0.388 e. The van der Waals surface area contributed by atoms with Crippen LogP contribution in [-0.4, -0.2) is 80.0 Å². The average Bonchev–Trinajstić information content (AvgIpc) is 2.36. The molecule has 1 heterocycles. The molecule has 118 valence electrons. The van der Waals surface area contributed by atoms with E-state index in [9.17, 15) is 24.7 Å². The van der Waals surface area contributed by atoms with Gasteiger partial charge in [-0.3, -0.25) is 9.32 Å². The SMILES string of the molecule is O=C(CO)NC1C(O)OC(COP(=O)(O)O)C(O)C1O. The zero-order valence-electron chi connectivity index (χ0n) is 10.1. The van der Waals surface area contributed by atoms with E-state index in [0.29, 0.717) is 0 Å². The highest BCUT2D eigenvalue weighted by molar-refractivity contribution is 7.46. The maximum atomic E-state index is 11.0. The van der Waals surface area contributed by atoms with Crippen LogP contribution in [-0.2, 0) is 18.6 Å². The standard InChI is InChI=1S/C8H16NO10P/c10-1-4(11)9-5-7(13)6(12)3(19-8(5)14)2-18-20(15,16)17/h3,5-8,10,12-14H,1-2H2,(H,9,11)(H2,15,16,17). The zero-order chi connectivity index (χ0) is 15.5. The number of carbonyl (C=O) groups excluding carboxylic acids is 1. The Morgan fingerprint density at radius 2 is 1.85 bits per heavy atom. The summed E-state index contributed by atoms with van der Waals surface area (Å²) in [6.07, 6.45) is -6.52. The first-order valence-corrected chi connectivity index (χ1v) is 6.98. The fourth-order valence-electron chi connectivity index (χ4n) is 1.64. The Balaban J connectivity index is 2.66. The second-order valence-corrected chi connectivity index (χ2v) is 5.32. The molecule has 0 aromatic rings. The summed E-state index contributed by atoms with van der Waals surface area (Å²) >= 11 is 0. The van der Waals surface area contributed by atoms with Gasteiger partial charge in [-0.15, -0.1) is 0 Å². The molecule has 0 aliphatic carbocycles. The van der Waals surface area contributed by atoms with Crippen molar-refractivity contribution in [3.63, 3.8) is 0 Å². The third-order valence-corrected chi connectivity index (χ3v) is 3.08. The summed E-state index contributed by atoms with van der Waals surface area (Å²) in [5.74, 6) is -0.909. The van der Waals surface area contributed by atoms with Gasteiger partial charge in [-0.2, -0.15) is 0 Å². The maximum absolute atomic E-state index is 11.0. The van der Waals surface area contributed by atoms with Crippen LogP contribution in [0.25, 0.3) is 0 Å². The molecule has 1 aliphatic rings. The molecule has 0 aromatic heterocycles. The van der Waals surface area contributed by atoms with E-state index >= 15 is 0 Å². The highest BCUT2D eigenvalue weighted by atomic mass is 31.2. The van der Waals surface area contributed by atoms with Gasteiger partial charge in [-0.1, -0.05) is 0 Å². The molecular weight excluding hydrogens is 301 g/mol. The highest BCUT2D eigenvalue weighted by Crippen LogP contribution is 2.36. The number of aliphatic hydroxyl groups is 4. The van der Waals surface area contributed by atoms with Gasteiger partial charge in [0.25, 0.3) is 0 Å². The molecule has 0 bridgehead atoms. The molecule has 1 saturated heterocycles. The predicted octanol–water partition coefficient (Wildman–Crippen LogP) is -3.99. The first-order valence-electron chi connectivity index (χ1n) is 5.45. The molecule has 7 N–H and O–H groups in total. The lowest BCUT2D eigenvalue weighted by Gasteiger charge is -2.40. The third kappa shape index (κ3) is 4.74. The Morgan fingerprint density at radius 1 is 1.25 bits per heavy atom. The highest BCUT2D eigenvalue weighted by Gasteiger charge is 2.45. The second-order valence-electron chi connectivity index (χ2n) is 4.08. The van der Waals surface area contributed by atoms with Gasteiger partial charge in [0.05, 0.1) is 6.61 Å². The molecule has 1 amide bonds. The van der Waals surface area contributed by atoms with Crippen LogP contribution in [0.1, 0.15) is 0 Å². The van der Waals surface area contributed by atoms with Crippen LogP contribution < -0.4 is 5.32 Å². The van der Waals surface area contributed by atoms with Gasteiger partial charge in [0.1, 0.15) is 31.0 Å². The molecule has 20 heavy (non-hydrogen) atoms. The largest absolute Gasteiger partial charge is 0.469 e. The Labute approximate surface area is 113 Å². The normalized spacial score (nSPS) is 34.8. The number of hydrogen-bond acceptors (Lipinski definition) is 8. The van der Waals surface area contributed by atoms with Crippen LogP contribution in [0.2, 0.25) is 0 Å². The van der Waals surface area contributed by atoms with Crippen LogP contribution >= 0.6 is 7.82 Å². The minimum atomic E-state index is -4.80. The van der Waals surface area contributed by atoms with E-state index in [2.05, 4.69) is 4.52 Å². The molecule has 0 radical (unpaired) electrons. The monoisotopic (exact) mass is 317 g/mol. The Morgan fingerprint density at radius 3 is 2.35 bits per heavy atom. The molecular formula is C8H16NO10P. The van der Waals surface area contributed by atoms with E-state index in [0.717, 1.165) is 0 Å². The summed E-state index contributed by atoms with van der Waals surface area (Å²) in [5, 5.41) is 39.5. The maximum Gasteiger partial charge on any atom is 0.469 e. The predicted molar refractivity (Wildman–Crippen MR) is 59.9 cm³/mol. The van der Waals surface area contributed by atoms with Gasteiger partial charge in [0, 0.05) is 0 Å². The molecule has 11 nitrogen and oxygen atoms in total. The fraction of sp³-hybridized carbons (Fsp3) is 0.875. The fourth-order valence-corrected chi connectivity index (χ4v) is 1.98. The first kappa shape index (κ1) is 17.4. The average molecular weight is 317 g/mol. The lowest BCUT2D eigenvalue weighted by Crippen LogP contribution is -2.64. The topological polar surface area (TPSA) is 186 Å². The van der Waals surface area contributed by atoms with Crippen molar-refractivity contribution in [2.75, 3.05) is 13.2 Å². The summed E-state index contributed by atoms with van der Waals surface area (Å²) in [4.78, 5) is 28.0. The van der Waals surface area contributed by atoms with Gasteiger partial charge in [-0.05, 0) is 0 Å².